The first-order valence-corrected chi connectivity index (χ1v) is 6.24. The van der Waals surface area contributed by atoms with Crippen LogP contribution in [0.3, 0.4) is 0 Å². The number of β-amino-alcohol motifs (C(OH)–C–C–N with tert-alkyl or cyclic N) is 1. The Labute approximate surface area is 106 Å². The van der Waals surface area contributed by atoms with E-state index in [2.05, 4.69) is 15.5 Å². The molecule has 0 bridgehead atoms. The highest BCUT2D eigenvalue weighted by molar-refractivity contribution is 6.03. The van der Waals surface area contributed by atoms with Gasteiger partial charge in [-0.25, -0.2) is 0 Å². The molecule has 0 spiro atoms. The molecule has 0 aromatic heterocycles. The normalized spacial score (nSPS) is 26.3. The van der Waals surface area contributed by atoms with E-state index >= 15 is 0 Å². The van der Waals surface area contributed by atoms with Crippen molar-refractivity contribution in [2.75, 3.05) is 30.4 Å². The van der Waals surface area contributed by atoms with Crippen molar-refractivity contribution >= 4 is 17.3 Å². The van der Waals surface area contributed by atoms with Gasteiger partial charge in [0.15, 0.2) is 0 Å². The molecule has 1 saturated heterocycles. The summed E-state index contributed by atoms with van der Waals surface area (Å²) in [5, 5.41) is 15.4. The molecular weight excluding hydrogens is 230 g/mol. The van der Waals surface area contributed by atoms with E-state index in [1.54, 1.807) is 7.05 Å². The fourth-order valence-corrected chi connectivity index (χ4v) is 2.71. The molecule has 5 nitrogen and oxygen atoms in total. The summed E-state index contributed by atoms with van der Waals surface area (Å²) in [6.07, 6.45) is 0.570. The number of carbonyl (C=O) groups is 1. The van der Waals surface area contributed by atoms with Crippen molar-refractivity contribution in [3.05, 3.63) is 23.8 Å². The zero-order valence-electron chi connectivity index (χ0n) is 10.3. The van der Waals surface area contributed by atoms with Crippen LogP contribution in [0.1, 0.15) is 18.0 Å². The van der Waals surface area contributed by atoms with Crippen LogP contribution in [-0.2, 0) is 4.79 Å². The van der Waals surface area contributed by atoms with E-state index in [1.165, 1.54) is 0 Å². The van der Waals surface area contributed by atoms with Crippen LogP contribution in [0.5, 0.6) is 0 Å². The Kier molecular flexibility index (Phi) is 2.72. The first-order valence-electron chi connectivity index (χ1n) is 6.24. The molecule has 0 saturated carbocycles. The minimum atomic E-state index is -0.252. The molecule has 3 N–H and O–H groups in total. The lowest BCUT2D eigenvalue weighted by molar-refractivity contribution is -0.117. The van der Waals surface area contributed by atoms with E-state index in [4.69, 9.17) is 0 Å². The van der Waals surface area contributed by atoms with Crippen molar-refractivity contribution in [1.29, 1.82) is 0 Å². The van der Waals surface area contributed by atoms with Crippen molar-refractivity contribution in [2.45, 2.75) is 18.6 Å². The van der Waals surface area contributed by atoms with Gasteiger partial charge >= 0.3 is 0 Å². The van der Waals surface area contributed by atoms with Gasteiger partial charge in [0.2, 0.25) is 5.91 Å². The number of anilines is 2. The summed E-state index contributed by atoms with van der Waals surface area (Å²) in [6.45, 7) is 1.53. The zero-order chi connectivity index (χ0) is 12.7. The van der Waals surface area contributed by atoms with Gasteiger partial charge in [-0.2, -0.15) is 0 Å². The number of likely N-dealkylation sites (N-methyl/N-ethyl adjacent to an activating group) is 1. The average Bonchev–Trinajstić information content (AvgIpc) is 2.90. The van der Waals surface area contributed by atoms with Crippen molar-refractivity contribution < 1.29 is 9.90 Å². The Balaban J connectivity index is 1.89. The molecule has 96 valence electrons. The predicted molar refractivity (Wildman–Crippen MR) is 69.7 cm³/mol. The van der Waals surface area contributed by atoms with E-state index in [0.717, 1.165) is 29.9 Å². The van der Waals surface area contributed by atoms with Crippen molar-refractivity contribution in [2.24, 2.45) is 0 Å². The van der Waals surface area contributed by atoms with Gasteiger partial charge in [0.1, 0.15) is 6.04 Å². The number of hydrogen-bond acceptors (Lipinski definition) is 4. The third-order valence-electron chi connectivity index (χ3n) is 3.69. The van der Waals surface area contributed by atoms with Crippen molar-refractivity contribution in [3.8, 4) is 0 Å². The largest absolute Gasteiger partial charge is 0.391 e. The van der Waals surface area contributed by atoms with Gasteiger partial charge in [0.25, 0.3) is 0 Å². The molecular formula is C13H17N3O2. The van der Waals surface area contributed by atoms with E-state index < -0.39 is 0 Å². The van der Waals surface area contributed by atoms with Gasteiger partial charge in [-0.15, -0.1) is 0 Å². The second-order valence-corrected chi connectivity index (χ2v) is 4.87. The fraction of sp³-hybridized carbons (Fsp3) is 0.462. The zero-order valence-corrected chi connectivity index (χ0v) is 10.3. The molecule has 2 heterocycles. The second-order valence-electron chi connectivity index (χ2n) is 4.87. The topological polar surface area (TPSA) is 64.6 Å². The Hall–Kier alpha value is -1.59. The minimum Gasteiger partial charge on any atom is -0.391 e. The number of nitrogens with zero attached hydrogens (tertiary/aromatic N) is 1. The molecule has 3 rings (SSSR count). The molecule has 2 atom stereocenters. The van der Waals surface area contributed by atoms with Crippen LogP contribution in [-0.4, -0.2) is 37.3 Å². The molecule has 1 amide bonds. The summed E-state index contributed by atoms with van der Waals surface area (Å²) < 4.78 is 0. The molecule has 18 heavy (non-hydrogen) atoms. The first-order chi connectivity index (χ1) is 8.69. The maximum atomic E-state index is 11.7. The number of aliphatic hydroxyl groups is 1. The SMILES string of the molecule is CNC1C(=O)Nc2cc(N3CCC(O)C3)ccc21. The number of rotatable bonds is 2. The third kappa shape index (κ3) is 1.76. The Morgan fingerprint density at radius 1 is 1.50 bits per heavy atom. The van der Waals surface area contributed by atoms with E-state index in [9.17, 15) is 9.90 Å². The number of hydrogen-bond donors (Lipinski definition) is 3. The van der Waals surface area contributed by atoms with Gasteiger partial charge < -0.3 is 20.6 Å². The standard InChI is InChI=1S/C13H17N3O2/c1-14-12-10-3-2-8(6-11(10)15-13(12)18)16-5-4-9(17)7-16/h2-3,6,9,12,14,17H,4-5,7H2,1H3,(H,15,18). The van der Waals surface area contributed by atoms with E-state index in [-0.39, 0.29) is 18.1 Å². The van der Waals surface area contributed by atoms with Crippen LogP contribution < -0.4 is 15.5 Å². The quantitative estimate of drug-likeness (QED) is 0.711. The summed E-state index contributed by atoms with van der Waals surface area (Å²) >= 11 is 0. The molecule has 1 fully saturated rings. The highest BCUT2D eigenvalue weighted by Crippen LogP contribution is 2.34. The second kappa shape index (κ2) is 4.26. The molecule has 2 aliphatic heterocycles. The number of carbonyl (C=O) groups excluding carboxylic acids is 1. The summed E-state index contributed by atoms with van der Waals surface area (Å²) in [5.41, 5.74) is 2.92. The monoisotopic (exact) mass is 247 g/mol. The predicted octanol–water partition coefficient (Wildman–Crippen LogP) is 0.470. The van der Waals surface area contributed by atoms with Crippen LogP contribution in [0.15, 0.2) is 18.2 Å². The number of fused-ring (bicyclic) bond motifs is 1. The Morgan fingerprint density at radius 2 is 2.33 bits per heavy atom. The smallest absolute Gasteiger partial charge is 0.246 e. The van der Waals surface area contributed by atoms with E-state index in [0.29, 0.717) is 6.54 Å². The Bertz CT molecular complexity index is 489. The first kappa shape index (κ1) is 11.5. The molecule has 0 aliphatic carbocycles. The van der Waals surface area contributed by atoms with Crippen LogP contribution in [0.4, 0.5) is 11.4 Å². The minimum absolute atomic E-state index is 0.00823. The lowest BCUT2D eigenvalue weighted by Crippen LogP contribution is -2.23. The maximum Gasteiger partial charge on any atom is 0.246 e. The van der Waals surface area contributed by atoms with Crippen LogP contribution >= 0.6 is 0 Å². The molecule has 1 aromatic carbocycles. The highest BCUT2D eigenvalue weighted by atomic mass is 16.3. The van der Waals surface area contributed by atoms with Crippen molar-refractivity contribution in [1.82, 2.24) is 5.32 Å². The molecule has 1 aromatic rings. The van der Waals surface area contributed by atoms with Crippen molar-refractivity contribution in [3.63, 3.8) is 0 Å². The number of amides is 1. The van der Waals surface area contributed by atoms with Gasteiger partial charge in [0, 0.05) is 30.0 Å². The van der Waals surface area contributed by atoms with Gasteiger partial charge in [-0.05, 0) is 25.6 Å². The van der Waals surface area contributed by atoms with Crippen LogP contribution in [0, 0.1) is 0 Å². The van der Waals surface area contributed by atoms with Gasteiger partial charge in [-0.1, -0.05) is 6.07 Å². The lowest BCUT2D eigenvalue weighted by Gasteiger charge is -2.18. The van der Waals surface area contributed by atoms with Gasteiger partial charge in [0.05, 0.1) is 6.10 Å². The molecule has 5 heteroatoms. The summed E-state index contributed by atoms with van der Waals surface area (Å²) in [4.78, 5) is 13.9. The molecule has 0 radical (unpaired) electrons. The molecule has 2 unspecified atom stereocenters. The third-order valence-corrected chi connectivity index (χ3v) is 3.69. The average molecular weight is 247 g/mol. The lowest BCUT2D eigenvalue weighted by atomic mass is 10.1. The van der Waals surface area contributed by atoms with Crippen LogP contribution in [0.25, 0.3) is 0 Å². The number of aliphatic hydroxyl groups excluding tert-OH is 1. The summed E-state index contributed by atoms with van der Waals surface area (Å²) in [5.74, 6) is -0.00823. The Morgan fingerprint density at radius 3 is 3.00 bits per heavy atom. The fourth-order valence-electron chi connectivity index (χ4n) is 2.71. The van der Waals surface area contributed by atoms with Gasteiger partial charge in [-0.3, -0.25) is 4.79 Å². The number of nitrogens with one attached hydrogen (secondary N) is 2. The maximum absolute atomic E-state index is 11.7. The van der Waals surface area contributed by atoms with Crippen LogP contribution in [0.2, 0.25) is 0 Å². The highest BCUT2D eigenvalue weighted by Gasteiger charge is 2.30. The number of benzene rings is 1. The van der Waals surface area contributed by atoms with E-state index in [1.807, 2.05) is 18.2 Å². The molecule has 2 aliphatic rings. The summed E-state index contributed by atoms with van der Waals surface area (Å²) in [7, 11) is 1.78. The summed E-state index contributed by atoms with van der Waals surface area (Å²) in [6, 6.07) is 5.73.